The molecule has 3 atom stereocenters. The Kier molecular flexibility index (Phi) is 4.65. The highest BCUT2D eigenvalue weighted by Gasteiger charge is 2.48. The summed E-state index contributed by atoms with van der Waals surface area (Å²) < 4.78 is 20.2. The highest BCUT2D eigenvalue weighted by atomic mass is 19.1. The SMILES string of the molecule is Cc1ccc(OC2CC3CC2N(C(=O)c2cc(F)ccc2-c2ncccn2)C3)nc1. The van der Waals surface area contributed by atoms with Gasteiger partial charge in [-0.2, -0.15) is 0 Å². The predicted molar refractivity (Wildman–Crippen MR) is 108 cm³/mol. The van der Waals surface area contributed by atoms with Crippen LogP contribution in [0.1, 0.15) is 28.8 Å². The lowest BCUT2D eigenvalue weighted by Gasteiger charge is -2.33. The first kappa shape index (κ1) is 18.7. The van der Waals surface area contributed by atoms with E-state index in [0.717, 1.165) is 18.4 Å². The lowest BCUT2D eigenvalue weighted by molar-refractivity contribution is 0.0466. The molecule has 0 spiro atoms. The van der Waals surface area contributed by atoms with Crippen LogP contribution in [0.5, 0.6) is 5.88 Å². The van der Waals surface area contributed by atoms with Gasteiger partial charge < -0.3 is 9.64 Å². The van der Waals surface area contributed by atoms with Gasteiger partial charge in [0.05, 0.1) is 11.6 Å². The van der Waals surface area contributed by atoms with Crippen LogP contribution in [0, 0.1) is 18.7 Å². The second-order valence-electron chi connectivity index (χ2n) is 7.95. The summed E-state index contributed by atoms with van der Waals surface area (Å²) in [5, 5.41) is 0. The number of ether oxygens (including phenoxy) is 1. The number of pyridine rings is 1. The van der Waals surface area contributed by atoms with Gasteiger partial charge in [-0.3, -0.25) is 4.79 Å². The second kappa shape index (κ2) is 7.48. The molecule has 6 nitrogen and oxygen atoms in total. The van der Waals surface area contributed by atoms with E-state index in [9.17, 15) is 9.18 Å². The summed E-state index contributed by atoms with van der Waals surface area (Å²) in [5.74, 6) is 0.671. The van der Waals surface area contributed by atoms with Gasteiger partial charge in [0, 0.05) is 36.8 Å². The topological polar surface area (TPSA) is 68.2 Å². The van der Waals surface area contributed by atoms with Gasteiger partial charge in [0.25, 0.3) is 5.91 Å². The van der Waals surface area contributed by atoms with E-state index < -0.39 is 5.82 Å². The third-order valence-electron chi connectivity index (χ3n) is 5.86. The first-order chi connectivity index (χ1) is 14.6. The van der Waals surface area contributed by atoms with E-state index >= 15 is 0 Å². The van der Waals surface area contributed by atoms with Crippen LogP contribution in [0.3, 0.4) is 0 Å². The summed E-state index contributed by atoms with van der Waals surface area (Å²) in [6.45, 7) is 2.62. The Morgan fingerprint density at radius 2 is 1.97 bits per heavy atom. The monoisotopic (exact) mass is 404 g/mol. The number of hydrogen-bond acceptors (Lipinski definition) is 5. The first-order valence-electron chi connectivity index (χ1n) is 10.1. The molecule has 2 bridgehead atoms. The van der Waals surface area contributed by atoms with Crippen LogP contribution in [-0.2, 0) is 0 Å². The normalized spacial score (nSPS) is 22.3. The molecule has 1 aliphatic carbocycles. The van der Waals surface area contributed by atoms with Crippen molar-refractivity contribution in [3.8, 4) is 17.3 Å². The van der Waals surface area contributed by atoms with Crippen molar-refractivity contribution in [2.75, 3.05) is 6.54 Å². The molecule has 1 aliphatic heterocycles. The van der Waals surface area contributed by atoms with E-state index in [-0.39, 0.29) is 23.6 Å². The lowest BCUT2D eigenvalue weighted by atomic mass is 10.0. The molecule has 1 saturated carbocycles. The number of aryl methyl sites for hydroxylation is 1. The second-order valence-corrected chi connectivity index (χ2v) is 7.95. The number of rotatable bonds is 4. The van der Waals surface area contributed by atoms with Gasteiger partial charge in [0.15, 0.2) is 5.82 Å². The average molecular weight is 404 g/mol. The molecular weight excluding hydrogens is 383 g/mol. The number of fused-ring (bicyclic) bond motifs is 2. The summed E-state index contributed by atoms with van der Waals surface area (Å²) in [6, 6.07) is 9.62. The van der Waals surface area contributed by atoms with Gasteiger partial charge in [-0.1, -0.05) is 6.07 Å². The average Bonchev–Trinajstić information content (AvgIpc) is 3.36. The van der Waals surface area contributed by atoms with Crippen molar-refractivity contribution in [3.05, 3.63) is 71.9 Å². The fourth-order valence-electron chi connectivity index (χ4n) is 4.49. The molecule has 1 aromatic carbocycles. The summed E-state index contributed by atoms with van der Waals surface area (Å²) in [7, 11) is 0. The van der Waals surface area contributed by atoms with Crippen LogP contribution in [0.25, 0.3) is 11.4 Å². The third kappa shape index (κ3) is 3.40. The molecule has 2 aliphatic rings. The fourth-order valence-corrected chi connectivity index (χ4v) is 4.49. The molecule has 0 N–H and O–H groups in total. The van der Waals surface area contributed by atoms with Gasteiger partial charge in [0.1, 0.15) is 11.9 Å². The zero-order chi connectivity index (χ0) is 20.7. The minimum absolute atomic E-state index is 0.0570. The van der Waals surface area contributed by atoms with Crippen molar-refractivity contribution < 1.29 is 13.9 Å². The van der Waals surface area contributed by atoms with Crippen LogP contribution in [-0.4, -0.2) is 44.4 Å². The Bertz CT molecular complexity index is 1070. The van der Waals surface area contributed by atoms with Crippen molar-refractivity contribution in [2.45, 2.75) is 31.9 Å². The molecule has 5 rings (SSSR count). The molecule has 1 saturated heterocycles. The standard InChI is InChI=1S/C23H21FN4O2/c1-14-3-6-21(27-12-14)30-20-10-15-9-19(20)28(13-15)23(29)18-11-16(24)4-5-17(18)22-25-7-2-8-26-22/h2-8,11-12,15,19-20H,9-10,13H2,1H3. The highest BCUT2D eigenvalue weighted by molar-refractivity contribution is 6.00. The lowest BCUT2D eigenvalue weighted by Crippen LogP contribution is -2.47. The Morgan fingerprint density at radius 1 is 1.13 bits per heavy atom. The smallest absolute Gasteiger partial charge is 0.255 e. The van der Waals surface area contributed by atoms with Crippen molar-refractivity contribution in [2.24, 2.45) is 5.92 Å². The maximum atomic E-state index is 14.1. The Morgan fingerprint density at radius 3 is 2.70 bits per heavy atom. The fraction of sp³-hybridized carbons (Fsp3) is 0.304. The van der Waals surface area contributed by atoms with Crippen molar-refractivity contribution in [1.29, 1.82) is 0 Å². The molecule has 3 aromatic rings. The molecule has 152 valence electrons. The minimum atomic E-state index is -0.459. The van der Waals surface area contributed by atoms with Crippen LogP contribution in [0.15, 0.2) is 55.0 Å². The van der Waals surface area contributed by atoms with Crippen LogP contribution in [0.2, 0.25) is 0 Å². The van der Waals surface area contributed by atoms with Crippen molar-refractivity contribution in [1.82, 2.24) is 19.9 Å². The highest BCUT2D eigenvalue weighted by Crippen LogP contribution is 2.41. The maximum absolute atomic E-state index is 14.1. The number of halogens is 1. The quantitative estimate of drug-likeness (QED) is 0.664. The minimum Gasteiger partial charge on any atom is -0.472 e. The first-order valence-corrected chi connectivity index (χ1v) is 10.1. The number of piperidine rings is 1. The molecule has 0 radical (unpaired) electrons. The number of aromatic nitrogens is 3. The van der Waals surface area contributed by atoms with Crippen molar-refractivity contribution in [3.63, 3.8) is 0 Å². The number of benzene rings is 1. The van der Waals surface area contributed by atoms with E-state index in [4.69, 9.17) is 4.74 Å². The Balaban J connectivity index is 1.42. The van der Waals surface area contributed by atoms with Gasteiger partial charge >= 0.3 is 0 Å². The van der Waals surface area contributed by atoms with E-state index in [1.807, 2.05) is 24.0 Å². The molecular formula is C23H21FN4O2. The number of hydrogen-bond donors (Lipinski definition) is 0. The Hall–Kier alpha value is -3.35. The molecule has 3 heterocycles. The zero-order valence-electron chi connectivity index (χ0n) is 16.5. The molecule has 2 aromatic heterocycles. The largest absolute Gasteiger partial charge is 0.472 e. The van der Waals surface area contributed by atoms with Gasteiger partial charge in [-0.15, -0.1) is 0 Å². The van der Waals surface area contributed by atoms with Crippen LogP contribution >= 0.6 is 0 Å². The third-order valence-corrected chi connectivity index (χ3v) is 5.86. The summed E-state index contributed by atoms with van der Waals surface area (Å²) in [4.78, 5) is 28.1. The van der Waals surface area contributed by atoms with E-state index in [1.54, 1.807) is 30.7 Å². The van der Waals surface area contributed by atoms with Gasteiger partial charge in [-0.25, -0.2) is 19.3 Å². The van der Waals surface area contributed by atoms with E-state index in [1.165, 1.54) is 12.1 Å². The Labute approximate surface area is 173 Å². The predicted octanol–water partition coefficient (Wildman–Crippen LogP) is 3.67. The molecule has 1 amide bonds. The van der Waals surface area contributed by atoms with E-state index in [2.05, 4.69) is 15.0 Å². The van der Waals surface area contributed by atoms with Gasteiger partial charge in [0.2, 0.25) is 5.88 Å². The molecule has 2 fully saturated rings. The van der Waals surface area contributed by atoms with Gasteiger partial charge in [-0.05, 0) is 55.5 Å². The van der Waals surface area contributed by atoms with Crippen LogP contribution < -0.4 is 4.74 Å². The number of amides is 1. The maximum Gasteiger partial charge on any atom is 0.255 e. The van der Waals surface area contributed by atoms with Crippen LogP contribution in [0.4, 0.5) is 4.39 Å². The number of likely N-dealkylation sites (tertiary alicyclic amines) is 1. The summed E-state index contributed by atoms with van der Waals surface area (Å²) >= 11 is 0. The van der Waals surface area contributed by atoms with Crippen molar-refractivity contribution >= 4 is 5.91 Å². The molecule has 3 unspecified atom stereocenters. The molecule has 30 heavy (non-hydrogen) atoms. The molecule has 7 heteroatoms. The summed E-state index contributed by atoms with van der Waals surface area (Å²) in [6.07, 6.45) is 6.64. The summed E-state index contributed by atoms with van der Waals surface area (Å²) in [5.41, 5.74) is 1.87. The van der Waals surface area contributed by atoms with E-state index in [0.29, 0.717) is 29.7 Å². The number of carbonyl (C=O) groups is 1. The zero-order valence-corrected chi connectivity index (χ0v) is 16.5. The number of carbonyl (C=O) groups excluding carboxylic acids is 1. The number of nitrogens with zero attached hydrogens (tertiary/aromatic N) is 4.